The summed E-state index contributed by atoms with van der Waals surface area (Å²) in [5.74, 6) is -0.262. The predicted octanol–water partition coefficient (Wildman–Crippen LogP) is 1.52. The summed E-state index contributed by atoms with van der Waals surface area (Å²) in [6, 6.07) is 3.68. The van der Waals surface area contributed by atoms with Crippen LogP contribution in [0.5, 0.6) is 0 Å². The van der Waals surface area contributed by atoms with Crippen LogP contribution in [0.4, 0.5) is 10.1 Å². The molecule has 10 nitrogen and oxygen atoms in total. The van der Waals surface area contributed by atoms with E-state index in [1.807, 2.05) is 6.07 Å². The normalized spacial score (nSPS) is 15.9. The molecule has 0 unspecified atom stereocenters. The molecule has 0 radical (unpaired) electrons. The number of nitrogens with two attached hydrogens (primary N) is 1. The van der Waals surface area contributed by atoms with Crippen LogP contribution < -0.4 is 16.4 Å². The highest BCUT2D eigenvalue weighted by molar-refractivity contribution is 6.00. The van der Waals surface area contributed by atoms with Crippen LogP contribution >= 0.6 is 0 Å². The molecule has 1 saturated heterocycles. The number of hydrogen-bond acceptors (Lipinski definition) is 9. The summed E-state index contributed by atoms with van der Waals surface area (Å²) in [4.78, 5) is 25.6. The van der Waals surface area contributed by atoms with Gasteiger partial charge in [0, 0.05) is 44.0 Å². The number of ether oxygens (including phenoxy) is 1. The topological polar surface area (TPSA) is 159 Å². The fourth-order valence-electron chi connectivity index (χ4n) is 3.29. The molecule has 0 aromatic carbocycles. The van der Waals surface area contributed by atoms with E-state index in [1.54, 1.807) is 6.07 Å². The van der Waals surface area contributed by atoms with E-state index in [2.05, 4.69) is 25.6 Å². The van der Waals surface area contributed by atoms with Gasteiger partial charge in [-0.25, -0.2) is 14.4 Å². The van der Waals surface area contributed by atoms with Crippen molar-refractivity contribution in [2.75, 3.05) is 25.1 Å². The van der Waals surface area contributed by atoms with E-state index in [-0.39, 0.29) is 24.0 Å². The maximum absolute atomic E-state index is 14.2. The number of nitriles is 1. The summed E-state index contributed by atoms with van der Waals surface area (Å²) < 4.78 is 19.6. The summed E-state index contributed by atoms with van der Waals surface area (Å²) in [6.07, 6.45) is 5.30. The van der Waals surface area contributed by atoms with Crippen molar-refractivity contribution < 1.29 is 19.0 Å². The van der Waals surface area contributed by atoms with Crippen molar-refractivity contribution in [1.29, 1.82) is 5.26 Å². The SMILES string of the molecule is CC(C)(O)[C@H](F)CNC(=O)c1cnc(C(=CN)c2ncc(C#N)cn2)cc1NC1CCOCC1. The van der Waals surface area contributed by atoms with E-state index in [1.165, 1.54) is 38.6 Å². The minimum absolute atomic E-state index is 0.0670. The number of anilines is 1. The first-order valence-corrected chi connectivity index (χ1v) is 10.9. The van der Waals surface area contributed by atoms with Gasteiger partial charge in [-0.1, -0.05) is 0 Å². The van der Waals surface area contributed by atoms with Crippen LogP contribution in [0, 0.1) is 11.3 Å². The second-order valence-electron chi connectivity index (χ2n) is 8.46. The number of rotatable bonds is 8. The molecular formula is C23H28FN7O3. The fraction of sp³-hybridized carbons (Fsp3) is 0.435. The molecule has 1 aliphatic rings. The molecule has 5 N–H and O–H groups in total. The molecule has 180 valence electrons. The van der Waals surface area contributed by atoms with Crippen molar-refractivity contribution in [3.8, 4) is 6.07 Å². The Kier molecular flexibility index (Phi) is 8.09. The van der Waals surface area contributed by atoms with Crippen LogP contribution in [0.1, 0.15) is 54.1 Å². The molecule has 3 rings (SSSR count). The zero-order valence-corrected chi connectivity index (χ0v) is 19.1. The lowest BCUT2D eigenvalue weighted by Gasteiger charge is -2.26. The molecule has 0 spiro atoms. The Balaban J connectivity index is 1.91. The molecule has 2 aromatic rings. The van der Waals surface area contributed by atoms with Gasteiger partial charge in [0.25, 0.3) is 5.91 Å². The van der Waals surface area contributed by atoms with E-state index in [0.717, 1.165) is 12.8 Å². The Bertz CT molecular complexity index is 1070. The number of alkyl halides is 1. The molecule has 1 atom stereocenters. The monoisotopic (exact) mass is 469 g/mol. The maximum atomic E-state index is 14.2. The van der Waals surface area contributed by atoms with E-state index in [4.69, 9.17) is 15.7 Å². The average molecular weight is 470 g/mol. The van der Waals surface area contributed by atoms with E-state index in [9.17, 15) is 14.3 Å². The quantitative estimate of drug-likeness (QED) is 0.449. The number of aliphatic hydroxyl groups is 1. The van der Waals surface area contributed by atoms with Crippen molar-refractivity contribution in [2.45, 2.75) is 44.5 Å². The molecule has 1 aliphatic heterocycles. The second-order valence-corrected chi connectivity index (χ2v) is 8.46. The number of nitrogens with zero attached hydrogens (tertiary/aromatic N) is 4. The van der Waals surface area contributed by atoms with Gasteiger partial charge in [0.2, 0.25) is 0 Å². The Morgan fingerprint density at radius 2 is 2.03 bits per heavy atom. The molecular weight excluding hydrogens is 441 g/mol. The second kappa shape index (κ2) is 11.0. The first-order valence-electron chi connectivity index (χ1n) is 10.9. The highest BCUT2D eigenvalue weighted by Gasteiger charge is 2.27. The summed E-state index contributed by atoms with van der Waals surface area (Å²) in [6.45, 7) is 3.51. The standard InChI is InChI=1S/C23H28FN7O3/c1-23(2,33)20(24)13-30-22(32)17-12-27-18(7-19(17)31-15-3-5-34-6-4-15)16(9-26)21-28-10-14(8-25)11-29-21/h7,9-12,15,20,33H,3-6,13,26H2,1-2H3,(H,27,31)(H,30,32)/t20-/m1/s1. The van der Waals surface area contributed by atoms with Crippen LogP contribution in [-0.2, 0) is 4.74 Å². The molecule has 3 heterocycles. The average Bonchev–Trinajstić information content (AvgIpc) is 2.83. The van der Waals surface area contributed by atoms with Crippen LogP contribution in [0.15, 0.2) is 30.9 Å². The number of hydrogen-bond donors (Lipinski definition) is 4. The highest BCUT2D eigenvalue weighted by Crippen LogP contribution is 2.25. The molecule has 0 aliphatic carbocycles. The predicted molar refractivity (Wildman–Crippen MR) is 123 cm³/mol. The smallest absolute Gasteiger partial charge is 0.255 e. The number of halogens is 1. The number of amides is 1. The van der Waals surface area contributed by atoms with Crippen LogP contribution in [0.3, 0.4) is 0 Å². The first-order chi connectivity index (χ1) is 16.2. The van der Waals surface area contributed by atoms with Gasteiger partial charge in [-0.15, -0.1) is 0 Å². The Hall–Kier alpha value is -3.62. The van der Waals surface area contributed by atoms with Gasteiger partial charge in [0.15, 0.2) is 5.82 Å². The van der Waals surface area contributed by atoms with Gasteiger partial charge >= 0.3 is 0 Å². The lowest BCUT2D eigenvalue weighted by molar-refractivity contribution is -0.00177. The van der Waals surface area contributed by atoms with Gasteiger partial charge in [-0.2, -0.15) is 5.26 Å². The zero-order chi connectivity index (χ0) is 24.7. The van der Waals surface area contributed by atoms with E-state index >= 15 is 0 Å². The summed E-state index contributed by atoms with van der Waals surface area (Å²) in [5.41, 5.74) is 6.09. The Labute approximate surface area is 197 Å². The van der Waals surface area contributed by atoms with Gasteiger partial charge in [-0.05, 0) is 32.8 Å². The molecule has 1 fully saturated rings. The van der Waals surface area contributed by atoms with Crippen LogP contribution in [0.2, 0.25) is 0 Å². The van der Waals surface area contributed by atoms with Crippen molar-refractivity contribution in [3.63, 3.8) is 0 Å². The van der Waals surface area contributed by atoms with Gasteiger partial charge < -0.3 is 26.2 Å². The fourth-order valence-corrected chi connectivity index (χ4v) is 3.29. The lowest BCUT2D eigenvalue weighted by atomic mass is 10.0. The van der Waals surface area contributed by atoms with Crippen LogP contribution in [0.25, 0.3) is 5.57 Å². The zero-order valence-electron chi connectivity index (χ0n) is 19.1. The number of nitrogens with one attached hydrogen (secondary N) is 2. The molecule has 1 amide bonds. The third-order valence-electron chi connectivity index (χ3n) is 5.40. The van der Waals surface area contributed by atoms with Gasteiger partial charge in [0.05, 0.1) is 40.2 Å². The summed E-state index contributed by atoms with van der Waals surface area (Å²) >= 11 is 0. The summed E-state index contributed by atoms with van der Waals surface area (Å²) in [5, 5.41) is 24.6. The highest BCUT2D eigenvalue weighted by atomic mass is 19.1. The van der Waals surface area contributed by atoms with Crippen molar-refractivity contribution in [2.24, 2.45) is 5.73 Å². The Morgan fingerprint density at radius 1 is 1.35 bits per heavy atom. The molecule has 34 heavy (non-hydrogen) atoms. The molecule has 0 bridgehead atoms. The van der Waals surface area contributed by atoms with Gasteiger partial charge in [0.1, 0.15) is 12.2 Å². The molecule has 0 saturated carbocycles. The molecule has 11 heteroatoms. The first kappa shape index (κ1) is 25.0. The third-order valence-corrected chi connectivity index (χ3v) is 5.40. The number of carbonyl (C=O) groups is 1. The van der Waals surface area contributed by atoms with E-state index < -0.39 is 17.7 Å². The number of aromatic nitrogens is 3. The van der Waals surface area contributed by atoms with Gasteiger partial charge in [-0.3, -0.25) is 9.78 Å². The van der Waals surface area contributed by atoms with E-state index in [0.29, 0.717) is 35.7 Å². The van der Waals surface area contributed by atoms with Crippen molar-refractivity contribution in [3.05, 3.63) is 53.5 Å². The minimum Gasteiger partial charge on any atom is -0.404 e. The maximum Gasteiger partial charge on any atom is 0.255 e. The summed E-state index contributed by atoms with van der Waals surface area (Å²) in [7, 11) is 0. The Morgan fingerprint density at radius 3 is 2.62 bits per heavy atom. The number of carbonyl (C=O) groups excluding carboxylic acids is 1. The molecule has 2 aromatic heterocycles. The largest absolute Gasteiger partial charge is 0.404 e. The minimum atomic E-state index is -1.64. The lowest BCUT2D eigenvalue weighted by Crippen LogP contribution is -2.42. The van der Waals surface area contributed by atoms with Crippen molar-refractivity contribution in [1.82, 2.24) is 20.3 Å². The number of pyridine rings is 1. The van der Waals surface area contributed by atoms with Crippen LogP contribution in [-0.4, -0.2) is 63.5 Å². The third kappa shape index (κ3) is 6.24. The van der Waals surface area contributed by atoms with Crippen molar-refractivity contribution >= 4 is 17.2 Å².